The van der Waals surface area contributed by atoms with Crippen LogP contribution in [0.1, 0.15) is 5.56 Å². The Morgan fingerprint density at radius 1 is 1.09 bits per heavy atom. The van der Waals surface area contributed by atoms with Crippen LogP contribution >= 0.6 is 0 Å². The van der Waals surface area contributed by atoms with Crippen molar-refractivity contribution in [2.24, 2.45) is 0 Å². The Hall–Kier alpha value is -3.89. The molecular formula is C22H20F3N5O3. The van der Waals surface area contributed by atoms with E-state index in [0.29, 0.717) is 37.3 Å². The molecule has 0 aliphatic carbocycles. The average molecular weight is 459 g/mol. The number of amides is 2. The van der Waals surface area contributed by atoms with E-state index >= 15 is 0 Å². The van der Waals surface area contributed by atoms with E-state index in [2.05, 4.69) is 15.0 Å². The number of aromatic nitrogens is 3. The Labute approximate surface area is 187 Å². The van der Waals surface area contributed by atoms with Crippen LogP contribution in [0.25, 0.3) is 11.3 Å². The number of alkyl halides is 3. The number of benzene rings is 2. The van der Waals surface area contributed by atoms with Crippen molar-refractivity contribution in [1.29, 1.82) is 0 Å². The zero-order chi connectivity index (χ0) is 23.4. The first-order chi connectivity index (χ1) is 15.8. The molecule has 33 heavy (non-hydrogen) atoms. The number of nitrogens with zero attached hydrogens (tertiary/aromatic N) is 5. The summed E-state index contributed by atoms with van der Waals surface area (Å²) in [4.78, 5) is 27.8. The van der Waals surface area contributed by atoms with E-state index in [4.69, 9.17) is 0 Å². The Morgan fingerprint density at radius 3 is 2.48 bits per heavy atom. The van der Waals surface area contributed by atoms with Crippen molar-refractivity contribution in [3.63, 3.8) is 0 Å². The lowest BCUT2D eigenvalue weighted by atomic mass is 10.0. The van der Waals surface area contributed by atoms with Crippen LogP contribution in [0.4, 0.5) is 18.0 Å². The number of rotatable bonds is 5. The number of carbonyl (C=O) groups excluding carboxylic acids is 2. The van der Waals surface area contributed by atoms with Crippen molar-refractivity contribution in [3.05, 3.63) is 66.4 Å². The molecule has 11 heteroatoms. The molecular weight excluding hydrogens is 439 g/mol. The van der Waals surface area contributed by atoms with Crippen LogP contribution < -0.4 is 4.74 Å². The number of halogens is 3. The van der Waals surface area contributed by atoms with Gasteiger partial charge in [-0.05, 0) is 36.2 Å². The molecule has 1 saturated heterocycles. The molecule has 1 aromatic heterocycles. The molecule has 1 atom stereocenters. The molecule has 0 saturated carbocycles. The molecule has 172 valence electrons. The standard InChI is InChI=1S/C22H20F3N5O3/c23-22(24,25)33-19-8-6-17(7-9-19)20-14-30(27-26-20)21(32)29-11-10-28(15-31)13-18(29)12-16-4-2-1-3-5-16/h1-9,14-15,18H,10-13H2. The number of piperazine rings is 1. The van der Waals surface area contributed by atoms with Gasteiger partial charge in [0.2, 0.25) is 6.41 Å². The molecule has 1 fully saturated rings. The van der Waals surface area contributed by atoms with E-state index in [0.717, 1.165) is 28.8 Å². The first-order valence-corrected chi connectivity index (χ1v) is 10.1. The van der Waals surface area contributed by atoms with E-state index in [-0.39, 0.29) is 11.8 Å². The van der Waals surface area contributed by atoms with E-state index < -0.39 is 12.4 Å². The summed E-state index contributed by atoms with van der Waals surface area (Å²) in [6.07, 6.45) is -2.01. The zero-order valence-electron chi connectivity index (χ0n) is 17.4. The molecule has 2 amide bonds. The van der Waals surface area contributed by atoms with Gasteiger partial charge in [-0.15, -0.1) is 18.3 Å². The van der Waals surface area contributed by atoms with Crippen LogP contribution in [0.3, 0.4) is 0 Å². The van der Waals surface area contributed by atoms with Gasteiger partial charge in [0.25, 0.3) is 0 Å². The van der Waals surface area contributed by atoms with Crippen molar-refractivity contribution in [3.8, 4) is 17.0 Å². The SMILES string of the molecule is O=CN1CCN(C(=O)n2cc(-c3ccc(OC(F)(F)F)cc3)nn2)C(Cc2ccccc2)C1. The second-order valence-electron chi connectivity index (χ2n) is 7.54. The van der Waals surface area contributed by atoms with Crippen LogP contribution in [0.5, 0.6) is 5.75 Å². The third-order valence-electron chi connectivity index (χ3n) is 5.30. The van der Waals surface area contributed by atoms with Crippen molar-refractivity contribution >= 4 is 12.4 Å². The third kappa shape index (κ3) is 5.48. The number of hydrogen-bond donors (Lipinski definition) is 0. The normalized spacial score (nSPS) is 16.5. The predicted molar refractivity (Wildman–Crippen MR) is 111 cm³/mol. The molecule has 3 aromatic rings. The zero-order valence-corrected chi connectivity index (χ0v) is 17.4. The highest BCUT2D eigenvalue weighted by Crippen LogP contribution is 2.26. The summed E-state index contributed by atoms with van der Waals surface area (Å²) >= 11 is 0. The van der Waals surface area contributed by atoms with Gasteiger partial charge in [-0.1, -0.05) is 35.5 Å². The maximum atomic E-state index is 13.2. The highest BCUT2D eigenvalue weighted by atomic mass is 19.4. The van der Waals surface area contributed by atoms with Gasteiger partial charge in [-0.2, -0.15) is 4.68 Å². The minimum atomic E-state index is -4.78. The largest absolute Gasteiger partial charge is 0.573 e. The number of hydrogen-bond acceptors (Lipinski definition) is 5. The Balaban J connectivity index is 1.50. The number of carbonyl (C=O) groups is 2. The minimum absolute atomic E-state index is 0.245. The van der Waals surface area contributed by atoms with Crippen LogP contribution in [0, 0.1) is 0 Å². The highest BCUT2D eigenvalue weighted by molar-refractivity contribution is 5.77. The second-order valence-corrected chi connectivity index (χ2v) is 7.54. The topological polar surface area (TPSA) is 80.6 Å². The summed E-state index contributed by atoms with van der Waals surface area (Å²) in [5.74, 6) is -0.355. The average Bonchev–Trinajstić information content (AvgIpc) is 3.29. The van der Waals surface area contributed by atoms with Crippen LogP contribution in [-0.4, -0.2) is 69.3 Å². The van der Waals surface area contributed by atoms with Gasteiger partial charge in [0, 0.05) is 25.2 Å². The van der Waals surface area contributed by atoms with Gasteiger partial charge in [-0.3, -0.25) is 4.79 Å². The van der Waals surface area contributed by atoms with E-state index in [1.807, 2.05) is 30.3 Å². The van der Waals surface area contributed by atoms with Crippen LogP contribution in [0.15, 0.2) is 60.8 Å². The van der Waals surface area contributed by atoms with Crippen molar-refractivity contribution in [2.75, 3.05) is 19.6 Å². The van der Waals surface area contributed by atoms with Crippen molar-refractivity contribution < 1.29 is 27.5 Å². The predicted octanol–water partition coefficient (Wildman–Crippen LogP) is 3.20. The number of ether oxygens (including phenoxy) is 1. The molecule has 4 rings (SSSR count). The Kier molecular flexibility index (Phi) is 6.29. The minimum Gasteiger partial charge on any atom is -0.406 e. The fraction of sp³-hybridized carbons (Fsp3) is 0.273. The van der Waals surface area contributed by atoms with Crippen LogP contribution in [0.2, 0.25) is 0 Å². The molecule has 2 heterocycles. The maximum Gasteiger partial charge on any atom is 0.573 e. The Bertz CT molecular complexity index is 1100. The van der Waals surface area contributed by atoms with Crippen LogP contribution in [-0.2, 0) is 11.2 Å². The van der Waals surface area contributed by atoms with Gasteiger partial charge >= 0.3 is 12.4 Å². The fourth-order valence-electron chi connectivity index (χ4n) is 3.74. The van der Waals surface area contributed by atoms with Gasteiger partial charge < -0.3 is 14.5 Å². The van der Waals surface area contributed by atoms with E-state index in [1.54, 1.807) is 9.80 Å². The van der Waals surface area contributed by atoms with Crippen molar-refractivity contribution in [1.82, 2.24) is 24.8 Å². The molecule has 8 nitrogen and oxygen atoms in total. The van der Waals surface area contributed by atoms with Gasteiger partial charge in [0.1, 0.15) is 11.4 Å². The summed E-state index contributed by atoms with van der Waals surface area (Å²) in [5, 5.41) is 7.89. The molecule has 0 spiro atoms. The summed E-state index contributed by atoms with van der Waals surface area (Å²) in [7, 11) is 0. The maximum absolute atomic E-state index is 13.2. The Morgan fingerprint density at radius 2 is 1.82 bits per heavy atom. The third-order valence-corrected chi connectivity index (χ3v) is 5.30. The second kappa shape index (κ2) is 9.31. The quantitative estimate of drug-likeness (QED) is 0.548. The summed E-state index contributed by atoms with van der Waals surface area (Å²) < 4.78 is 42.0. The molecule has 0 N–H and O–H groups in total. The monoisotopic (exact) mass is 459 g/mol. The summed E-state index contributed by atoms with van der Waals surface area (Å²) in [6.45, 7) is 1.14. The summed E-state index contributed by atoms with van der Waals surface area (Å²) in [5.41, 5.74) is 1.84. The van der Waals surface area contributed by atoms with Gasteiger partial charge in [0.05, 0.1) is 12.2 Å². The molecule has 1 unspecified atom stereocenters. The smallest absolute Gasteiger partial charge is 0.406 e. The highest BCUT2D eigenvalue weighted by Gasteiger charge is 2.32. The molecule has 0 radical (unpaired) electrons. The van der Waals surface area contributed by atoms with Crippen molar-refractivity contribution in [2.45, 2.75) is 18.8 Å². The first-order valence-electron chi connectivity index (χ1n) is 10.1. The lowest BCUT2D eigenvalue weighted by Gasteiger charge is -2.39. The molecule has 1 aliphatic rings. The molecule has 2 aromatic carbocycles. The fourth-order valence-corrected chi connectivity index (χ4v) is 3.74. The van der Waals surface area contributed by atoms with Gasteiger partial charge in [-0.25, -0.2) is 4.79 Å². The van der Waals surface area contributed by atoms with E-state index in [9.17, 15) is 22.8 Å². The molecule has 0 bridgehead atoms. The lowest BCUT2D eigenvalue weighted by Crippen LogP contribution is -2.56. The summed E-state index contributed by atoms with van der Waals surface area (Å²) in [6, 6.07) is 14.2. The first kappa shape index (κ1) is 22.3. The molecule has 1 aliphatic heterocycles. The van der Waals surface area contributed by atoms with E-state index in [1.165, 1.54) is 18.3 Å². The lowest BCUT2D eigenvalue weighted by molar-refractivity contribution is -0.274. The van der Waals surface area contributed by atoms with Gasteiger partial charge in [0.15, 0.2) is 0 Å².